The molecule has 0 bridgehead atoms. The fraction of sp³-hybridized carbons (Fsp3) is 0.800. The Morgan fingerprint density at radius 1 is 1.67 bits per heavy atom. The maximum Gasteiger partial charge on any atom is 0.230 e. The van der Waals surface area contributed by atoms with Crippen molar-refractivity contribution in [1.82, 2.24) is 0 Å². The summed E-state index contributed by atoms with van der Waals surface area (Å²) in [4.78, 5) is 10.3. The fourth-order valence-corrected chi connectivity index (χ4v) is 1.09. The monoisotopic (exact) mass is 149 g/mol. The molecular weight excluding hydrogens is 138 g/mol. The summed E-state index contributed by atoms with van der Waals surface area (Å²) in [6.07, 6.45) is 0. The van der Waals surface area contributed by atoms with Crippen molar-refractivity contribution in [3.63, 3.8) is 0 Å². The molecule has 2 atom stereocenters. The SMILES string of the molecule is CC(O)SC(C)C(N)=O. The van der Waals surface area contributed by atoms with Crippen LogP contribution in [0.5, 0.6) is 0 Å². The lowest BCUT2D eigenvalue weighted by molar-refractivity contribution is -0.117. The summed E-state index contributed by atoms with van der Waals surface area (Å²) in [6, 6.07) is 0. The van der Waals surface area contributed by atoms with Gasteiger partial charge in [0.05, 0.1) is 10.7 Å². The normalized spacial score (nSPS) is 16.8. The van der Waals surface area contributed by atoms with Gasteiger partial charge in [-0.2, -0.15) is 0 Å². The van der Waals surface area contributed by atoms with Gasteiger partial charge >= 0.3 is 0 Å². The summed E-state index contributed by atoms with van der Waals surface area (Å²) in [7, 11) is 0. The average molecular weight is 149 g/mol. The molecule has 0 aliphatic rings. The van der Waals surface area contributed by atoms with E-state index in [4.69, 9.17) is 10.8 Å². The second-order valence-electron chi connectivity index (χ2n) is 1.78. The Morgan fingerprint density at radius 3 is 2.22 bits per heavy atom. The van der Waals surface area contributed by atoms with Gasteiger partial charge in [-0.1, -0.05) is 0 Å². The summed E-state index contributed by atoms with van der Waals surface area (Å²) in [5.41, 5.74) is 4.39. The van der Waals surface area contributed by atoms with Crippen molar-refractivity contribution < 1.29 is 9.90 Å². The van der Waals surface area contributed by atoms with Crippen molar-refractivity contribution >= 4 is 17.7 Å². The van der Waals surface area contributed by atoms with Crippen LogP contribution >= 0.6 is 11.8 Å². The molecule has 0 spiro atoms. The first-order chi connectivity index (χ1) is 4.04. The van der Waals surface area contributed by atoms with Crippen LogP contribution < -0.4 is 5.73 Å². The van der Waals surface area contributed by atoms with Gasteiger partial charge in [0.25, 0.3) is 0 Å². The van der Waals surface area contributed by atoms with Crippen LogP contribution in [0.2, 0.25) is 0 Å². The smallest absolute Gasteiger partial charge is 0.230 e. The number of aliphatic hydroxyl groups excluding tert-OH is 1. The van der Waals surface area contributed by atoms with Crippen LogP contribution in [0.1, 0.15) is 13.8 Å². The fourth-order valence-electron chi connectivity index (χ4n) is 0.362. The Hall–Kier alpha value is -0.220. The van der Waals surface area contributed by atoms with Crippen molar-refractivity contribution in [1.29, 1.82) is 0 Å². The minimum absolute atomic E-state index is 0.301. The predicted octanol–water partition coefficient (Wildman–Crippen LogP) is -0.0683. The average Bonchev–Trinajstić information content (AvgIpc) is 1.63. The van der Waals surface area contributed by atoms with Gasteiger partial charge in [0.2, 0.25) is 5.91 Å². The summed E-state index contributed by atoms with van der Waals surface area (Å²) < 4.78 is 0. The highest BCUT2D eigenvalue weighted by Gasteiger charge is 2.10. The maximum absolute atomic E-state index is 10.3. The van der Waals surface area contributed by atoms with E-state index < -0.39 is 5.44 Å². The third-order valence-electron chi connectivity index (χ3n) is 0.802. The summed E-state index contributed by atoms with van der Waals surface area (Å²) in [5.74, 6) is -0.388. The number of hydrogen-bond donors (Lipinski definition) is 2. The maximum atomic E-state index is 10.3. The molecule has 0 heterocycles. The number of amides is 1. The molecule has 54 valence electrons. The molecule has 0 fully saturated rings. The molecule has 0 saturated heterocycles. The lowest BCUT2D eigenvalue weighted by Crippen LogP contribution is -2.24. The zero-order chi connectivity index (χ0) is 7.44. The van der Waals surface area contributed by atoms with Crippen molar-refractivity contribution in [3.8, 4) is 0 Å². The molecule has 2 unspecified atom stereocenters. The van der Waals surface area contributed by atoms with Crippen LogP contribution in [0.25, 0.3) is 0 Å². The number of aliphatic hydroxyl groups is 1. The summed E-state index contributed by atoms with van der Waals surface area (Å²) >= 11 is 1.14. The van der Waals surface area contributed by atoms with Gasteiger partial charge in [-0.15, -0.1) is 11.8 Å². The van der Waals surface area contributed by atoms with Crippen LogP contribution in [0, 0.1) is 0 Å². The van der Waals surface area contributed by atoms with Gasteiger partial charge in [0, 0.05) is 0 Å². The van der Waals surface area contributed by atoms with E-state index in [2.05, 4.69) is 0 Å². The van der Waals surface area contributed by atoms with Crippen molar-refractivity contribution in [2.24, 2.45) is 5.73 Å². The molecule has 0 aromatic rings. The number of hydrogen-bond acceptors (Lipinski definition) is 3. The lowest BCUT2D eigenvalue weighted by atomic mass is 10.5. The Bertz CT molecular complexity index is 105. The molecule has 9 heavy (non-hydrogen) atoms. The molecule has 0 aromatic carbocycles. The predicted molar refractivity (Wildman–Crippen MR) is 37.9 cm³/mol. The second kappa shape index (κ2) is 3.74. The van der Waals surface area contributed by atoms with Crippen LogP contribution in [0.3, 0.4) is 0 Å². The van der Waals surface area contributed by atoms with E-state index in [1.54, 1.807) is 13.8 Å². The number of primary amides is 1. The van der Waals surface area contributed by atoms with Crippen molar-refractivity contribution in [3.05, 3.63) is 0 Å². The molecule has 1 amide bonds. The van der Waals surface area contributed by atoms with Crippen molar-refractivity contribution in [2.45, 2.75) is 24.5 Å². The topological polar surface area (TPSA) is 63.3 Å². The molecule has 0 rings (SSSR count). The van der Waals surface area contributed by atoms with Crippen LogP contribution in [0.15, 0.2) is 0 Å². The third kappa shape index (κ3) is 4.29. The highest BCUT2D eigenvalue weighted by molar-refractivity contribution is 8.00. The Kier molecular flexibility index (Phi) is 3.65. The first-order valence-corrected chi connectivity index (χ1v) is 3.61. The minimum atomic E-state index is -0.521. The standard InChI is InChI=1S/C5H11NO2S/c1-3(5(6)8)9-4(2)7/h3-4,7H,1-2H3,(H2,6,8). The molecule has 3 nitrogen and oxygen atoms in total. The van der Waals surface area contributed by atoms with Gasteiger partial charge in [0.1, 0.15) is 0 Å². The van der Waals surface area contributed by atoms with E-state index in [1.807, 2.05) is 0 Å². The molecular formula is C5H11NO2S. The highest BCUT2D eigenvalue weighted by atomic mass is 32.2. The number of nitrogens with two attached hydrogens (primary N) is 1. The molecule has 0 aliphatic carbocycles. The first kappa shape index (κ1) is 8.78. The summed E-state index contributed by atoms with van der Waals surface area (Å²) in [5, 5.41) is 8.43. The number of carbonyl (C=O) groups excluding carboxylic acids is 1. The van der Waals surface area contributed by atoms with E-state index in [1.165, 1.54) is 0 Å². The van der Waals surface area contributed by atoms with Crippen LogP contribution in [-0.2, 0) is 4.79 Å². The van der Waals surface area contributed by atoms with Crippen LogP contribution in [-0.4, -0.2) is 21.7 Å². The molecule has 0 saturated carbocycles. The lowest BCUT2D eigenvalue weighted by Gasteiger charge is -2.07. The molecule has 0 aliphatic heterocycles. The van der Waals surface area contributed by atoms with Crippen LogP contribution in [0.4, 0.5) is 0 Å². The molecule has 0 aromatic heterocycles. The second-order valence-corrected chi connectivity index (χ2v) is 3.44. The number of rotatable bonds is 3. The zero-order valence-electron chi connectivity index (χ0n) is 5.50. The Labute approximate surface area is 58.6 Å². The Balaban J connectivity index is 3.50. The van der Waals surface area contributed by atoms with E-state index in [0.29, 0.717) is 0 Å². The molecule has 4 heteroatoms. The highest BCUT2D eigenvalue weighted by Crippen LogP contribution is 2.13. The van der Waals surface area contributed by atoms with E-state index in [0.717, 1.165) is 11.8 Å². The zero-order valence-corrected chi connectivity index (χ0v) is 6.31. The summed E-state index contributed by atoms with van der Waals surface area (Å²) in [6.45, 7) is 3.27. The number of thioether (sulfide) groups is 1. The van der Waals surface area contributed by atoms with E-state index in [9.17, 15) is 4.79 Å². The van der Waals surface area contributed by atoms with Gasteiger partial charge in [-0.25, -0.2) is 0 Å². The molecule has 3 N–H and O–H groups in total. The van der Waals surface area contributed by atoms with Gasteiger partial charge in [0.15, 0.2) is 0 Å². The van der Waals surface area contributed by atoms with Gasteiger partial charge in [-0.3, -0.25) is 4.79 Å². The molecule has 0 radical (unpaired) electrons. The minimum Gasteiger partial charge on any atom is -0.383 e. The Morgan fingerprint density at radius 2 is 2.11 bits per heavy atom. The third-order valence-corrected chi connectivity index (χ3v) is 1.84. The van der Waals surface area contributed by atoms with Gasteiger partial charge < -0.3 is 10.8 Å². The first-order valence-electron chi connectivity index (χ1n) is 2.67. The van der Waals surface area contributed by atoms with E-state index in [-0.39, 0.29) is 11.2 Å². The van der Waals surface area contributed by atoms with Gasteiger partial charge in [-0.05, 0) is 13.8 Å². The van der Waals surface area contributed by atoms with E-state index >= 15 is 0 Å². The van der Waals surface area contributed by atoms with Crippen molar-refractivity contribution in [2.75, 3.05) is 0 Å². The number of carbonyl (C=O) groups is 1. The quantitative estimate of drug-likeness (QED) is 0.552. The largest absolute Gasteiger partial charge is 0.383 e.